The maximum absolute atomic E-state index is 11.3. The Kier molecular flexibility index (Phi) is 4.62. The summed E-state index contributed by atoms with van der Waals surface area (Å²) in [6.07, 6.45) is 0.142. The van der Waals surface area contributed by atoms with Gasteiger partial charge in [-0.15, -0.1) is 11.6 Å². The number of anilines is 1. The van der Waals surface area contributed by atoms with Crippen molar-refractivity contribution >= 4 is 23.2 Å². The summed E-state index contributed by atoms with van der Waals surface area (Å²) in [6.45, 7) is 5.56. The summed E-state index contributed by atoms with van der Waals surface area (Å²) in [4.78, 5) is 11.3. The normalized spacial score (nSPS) is 12.3. The molecule has 0 aliphatic carbocycles. The number of ether oxygens (including phenoxy) is 1. The first-order valence-corrected chi connectivity index (χ1v) is 5.64. The number of hydrogen-bond donors (Lipinski definition) is 1. The quantitative estimate of drug-likeness (QED) is 0.823. The molecule has 1 atom stereocenters. The molecule has 88 valence electrons. The van der Waals surface area contributed by atoms with Crippen LogP contribution >= 0.6 is 11.6 Å². The van der Waals surface area contributed by atoms with E-state index in [1.807, 2.05) is 26.0 Å². The Hall–Kier alpha value is -1.22. The van der Waals surface area contributed by atoms with Crippen molar-refractivity contribution in [3.8, 4) is 5.75 Å². The smallest absolute Gasteiger partial charge is 0.242 e. The highest BCUT2D eigenvalue weighted by atomic mass is 35.5. The Morgan fingerprint density at radius 3 is 2.25 bits per heavy atom. The Bertz CT molecular complexity index is 347. The minimum Gasteiger partial charge on any atom is -0.491 e. The summed E-state index contributed by atoms with van der Waals surface area (Å²) >= 11 is 5.64. The second-order valence-electron chi connectivity index (χ2n) is 3.80. The van der Waals surface area contributed by atoms with E-state index in [1.54, 1.807) is 19.1 Å². The molecule has 16 heavy (non-hydrogen) atoms. The number of rotatable bonds is 4. The number of carbonyl (C=O) groups is 1. The SMILES string of the molecule is CC(C)Oc1ccc(NC(=O)C(C)Cl)cc1. The zero-order chi connectivity index (χ0) is 12.1. The van der Waals surface area contributed by atoms with Gasteiger partial charge in [-0.25, -0.2) is 0 Å². The molecule has 0 aliphatic heterocycles. The summed E-state index contributed by atoms with van der Waals surface area (Å²) in [5.74, 6) is 0.575. The topological polar surface area (TPSA) is 38.3 Å². The Morgan fingerprint density at radius 2 is 1.81 bits per heavy atom. The van der Waals surface area contributed by atoms with Crippen molar-refractivity contribution in [3.63, 3.8) is 0 Å². The first-order chi connectivity index (χ1) is 7.49. The molecule has 1 rings (SSSR count). The molecule has 1 unspecified atom stereocenters. The monoisotopic (exact) mass is 241 g/mol. The van der Waals surface area contributed by atoms with E-state index in [9.17, 15) is 4.79 Å². The van der Waals surface area contributed by atoms with Crippen LogP contribution in [0.25, 0.3) is 0 Å². The van der Waals surface area contributed by atoms with Crippen molar-refractivity contribution in [1.82, 2.24) is 0 Å². The van der Waals surface area contributed by atoms with Crippen LogP contribution < -0.4 is 10.1 Å². The fourth-order valence-corrected chi connectivity index (χ4v) is 1.19. The molecule has 0 aromatic heterocycles. The zero-order valence-corrected chi connectivity index (χ0v) is 10.4. The Balaban J connectivity index is 2.61. The molecule has 0 saturated heterocycles. The van der Waals surface area contributed by atoms with E-state index >= 15 is 0 Å². The lowest BCUT2D eigenvalue weighted by Gasteiger charge is -2.11. The second kappa shape index (κ2) is 5.75. The first-order valence-electron chi connectivity index (χ1n) is 5.20. The van der Waals surface area contributed by atoms with Gasteiger partial charge in [0.25, 0.3) is 0 Å². The van der Waals surface area contributed by atoms with Crippen molar-refractivity contribution in [2.75, 3.05) is 5.32 Å². The van der Waals surface area contributed by atoms with Gasteiger partial charge in [0, 0.05) is 5.69 Å². The van der Waals surface area contributed by atoms with Crippen LogP contribution in [0.3, 0.4) is 0 Å². The number of carbonyl (C=O) groups excluding carboxylic acids is 1. The second-order valence-corrected chi connectivity index (χ2v) is 4.45. The lowest BCUT2D eigenvalue weighted by molar-refractivity contribution is -0.115. The van der Waals surface area contributed by atoms with Crippen molar-refractivity contribution in [2.24, 2.45) is 0 Å². The van der Waals surface area contributed by atoms with Gasteiger partial charge >= 0.3 is 0 Å². The molecule has 3 nitrogen and oxygen atoms in total. The van der Waals surface area contributed by atoms with E-state index < -0.39 is 5.38 Å². The lowest BCUT2D eigenvalue weighted by Crippen LogP contribution is -2.20. The van der Waals surface area contributed by atoms with E-state index in [4.69, 9.17) is 16.3 Å². The van der Waals surface area contributed by atoms with E-state index in [2.05, 4.69) is 5.32 Å². The van der Waals surface area contributed by atoms with E-state index in [0.717, 1.165) is 5.75 Å². The lowest BCUT2D eigenvalue weighted by atomic mass is 10.3. The third-order valence-electron chi connectivity index (χ3n) is 1.85. The highest BCUT2D eigenvalue weighted by Crippen LogP contribution is 2.17. The predicted molar refractivity (Wildman–Crippen MR) is 66.2 cm³/mol. The molecule has 0 saturated carbocycles. The van der Waals surface area contributed by atoms with Crippen molar-refractivity contribution < 1.29 is 9.53 Å². The molecule has 1 N–H and O–H groups in total. The molecule has 4 heteroatoms. The standard InChI is InChI=1S/C12H16ClNO2/c1-8(2)16-11-6-4-10(5-7-11)14-12(15)9(3)13/h4-9H,1-3H3,(H,14,15). The molecule has 0 heterocycles. The van der Waals surface area contributed by atoms with Crippen LogP contribution in [0, 0.1) is 0 Å². The maximum Gasteiger partial charge on any atom is 0.242 e. The predicted octanol–water partition coefficient (Wildman–Crippen LogP) is 3.04. The molecular weight excluding hydrogens is 226 g/mol. The number of benzene rings is 1. The van der Waals surface area contributed by atoms with Gasteiger partial charge in [-0.3, -0.25) is 4.79 Å². The third-order valence-corrected chi connectivity index (χ3v) is 2.05. The summed E-state index contributed by atoms with van der Waals surface area (Å²) in [5, 5.41) is 2.16. The number of alkyl halides is 1. The van der Waals surface area contributed by atoms with E-state index in [0.29, 0.717) is 5.69 Å². The molecule has 0 radical (unpaired) electrons. The van der Waals surface area contributed by atoms with Crippen molar-refractivity contribution in [1.29, 1.82) is 0 Å². The van der Waals surface area contributed by atoms with Crippen LogP contribution in [-0.2, 0) is 4.79 Å². The summed E-state index contributed by atoms with van der Waals surface area (Å²) < 4.78 is 5.48. The molecule has 0 aliphatic rings. The minimum absolute atomic E-state index is 0.142. The molecule has 0 fully saturated rings. The van der Waals surface area contributed by atoms with Gasteiger partial charge in [0.15, 0.2) is 0 Å². The van der Waals surface area contributed by atoms with Gasteiger partial charge in [0.2, 0.25) is 5.91 Å². The molecular formula is C12H16ClNO2. The molecule has 0 bridgehead atoms. The van der Waals surface area contributed by atoms with Gasteiger partial charge in [-0.1, -0.05) is 0 Å². The number of nitrogens with one attached hydrogen (secondary N) is 1. The third kappa shape index (κ3) is 4.11. The zero-order valence-electron chi connectivity index (χ0n) is 9.66. The van der Waals surface area contributed by atoms with Gasteiger partial charge in [-0.2, -0.15) is 0 Å². The van der Waals surface area contributed by atoms with Crippen LogP contribution in [0.2, 0.25) is 0 Å². The van der Waals surface area contributed by atoms with E-state index in [1.165, 1.54) is 0 Å². The first kappa shape index (κ1) is 12.8. The molecule has 0 spiro atoms. The molecule has 1 aromatic rings. The van der Waals surface area contributed by atoms with Gasteiger partial charge in [-0.05, 0) is 45.0 Å². The van der Waals surface area contributed by atoms with Gasteiger partial charge < -0.3 is 10.1 Å². The Labute approximate surface area is 101 Å². The minimum atomic E-state index is -0.536. The average molecular weight is 242 g/mol. The maximum atomic E-state index is 11.3. The molecule has 1 amide bonds. The highest BCUT2D eigenvalue weighted by molar-refractivity contribution is 6.32. The average Bonchev–Trinajstić information content (AvgIpc) is 2.20. The summed E-state index contributed by atoms with van der Waals surface area (Å²) in [6, 6.07) is 7.20. The largest absolute Gasteiger partial charge is 0.491 e. The van der Waals surface area contributed by atoms with Crippen LogP contribution in [0.1, 0.15) is 20.8 Å². The van der Waals surface area contributed by atoms with Crippen LogP contribution in [-0.4, -0.2) is 17.4 Å². The van der Waals surface area contributed by atoms with Gasteiger partial charge in [0.1, 0.15) is 11.1 Å². The van der Waals surface area contributed by atoms with Crippen molar-refractivity contribution in [3.05, 3.63) is 24.3 Å². The van der Waals surface area contributed by atoms with Crippen LogP contribution in [0.15, 0.2) is 24.3 Å². The number of hydrogen-bond acceptors (Lipinski definition) is 2. The summed E-state index contributed by atoms with van der Waals surface area (Å²) in [7, 11) is 0. The summed E-state index contributed by atoms with van der Waals surface area (Å²) in [5.41, 5.74) is 0.716. The Morgan fingerprint density at radius 1 is 1.25 bits per heavy atom. The number of halogens is 1. The van der Waals surface area contributed by atoms with Crippen molar-refractivity contribution in [2.45, 2.75) is 32.3 Å². The highest BCUT2D eigenvalue weighted by Gasteiger charge is 2.08. The van der Waals surface area contributed by atoms with Crippen LogP contribution in [0.4, 0.5) is 5.69 Å². The molecule has 1 aromatic carbocycles. The number of amides is 1. The fourth-order valence-electron chi connectivity index (χ4n) is 1.13. The van der Waals surface area contributed by atoms with E-state index in [-0.39, 0.29) is 12.0 Å². The van der Waals surface area contributed by atoms with Crippen LogP contribution in [0.5, 0.6) is 5.75 Å². The van der Waals surface area contributed by atoms with Gasteiger partial charge in [0.05, 0.1) is 6.10 Å². The fraction of sp³-hybridized carbons (Fsp3) is 0.417.